The maximum absolute atomic E-state index is 9.09. The number of hydrogen-bond acceptors (Lipinski definition) is 2. The van der Waals surface area contributed by atoms with Gasteiger partial charge in [-0.15, -0.1) is 11.3 Å². The van der Waals surface area contributed by atoms with Crippen LogP contribution in [0.15, 0.2) is 35.7 Å². The summed E-state index contributed by atoms with van der Waals surface area (Å²) in [6.07, 6.45) is 0. The smallest absolute Gasteiger partial charge is 0.115 e. The van der Waals surface area contributed by atoms with Gasteiger partial charge in [0.2, 0.25) is 0 Å². The fourth-order valence-electron chi connectivity index (χ4n) is 1.11. The zero-order valence-corrected chi connectivity index (χ0v) is 8.27. The molecule has 0 radical (unpaired) electrons. The average Bonchev–Trinajstić information content (AvgIpc) is 2.53. The van der Waals surface area contributed by atoms with E-state index in [1.165, 1.54) is 0 Å². The molecule has 66 valence electrons. The molecule has 2 rings (SSSR count). The Kier molecular flexibility index (Phi) is 2.25. The van der Waals surface area contributed by atoms with Crippen LogP contribution in [0.25, 0.3) is 10.4 Å². The number of rotatable bonds is 1. The highest BCUT2D eigenvalue weighted by atomic mass is 35.5. The minimum absolute atomic E-state index is 0.274. The van der Waals surface area contributed by atoms with Gasteiger partial charge in [-0.3, -0.25) is 0 Å². The van der Waals surface area contributed by atoms with Crippen LogP contribution in [-0.4, -0.2) is 5.11 Å². The zero-order chi connectivity index (χ0) is 9.26. The van der Waals surface area contributed by atoms with Gasteiger partial charge in [0.05, 0.1) is 9.90 Å². The van der Waals surface area contributed by atoms with Crippen LogP contribution in [-0.2, 0) is 0 Å². The largest absolute Gasteiger partial charge is 0.508 e. The first-order valence-corrected chi connectivity index (χ1v) is 5.05. The molecule has 1 aromatic carbocycles. The third kappa shape index (κ3) is 1.69. The number of halogens is 1. The molecule has 1 N–H and O–H groups in total. The van der Waals surface area contributed by atoms with E-state index in [9.17, 15) is 0 Å². The minimum Gasteiger partial charge on any atom is -0.508 e. The Morgan fingerprint density at radius 2 is 1.77 bits per heavy atom. The molecule has 0 saturated carbocycles. The van der Waals surface area contributed by atoms with E-state index < -0.39 is 0 Å². The molecule has 0 fully saturated rings. The van der Waals surface area contributed by atoms with Crippen LogP contribution in [0.2, 0.25) is 5.02 Å². The number of hydrogen-bond donors (Lipinski definition) is 1. The van der Waals surface area contributed by atoms with E-state index in [1.807, 2.05) is 23.6 Å². The highest BCUT2D eigenvalue weighted by Gasteiger charge is 2.03. The molecule has 0 spiro atoms. The Balaban J connectivity index is 2.47. The van der Waals surface area contributed by atoms with Gasteiger partial charge in [-0.25, -0.2) is 0 Å². The van der Waals surface area contributed by atoms with Crippen molar-refractivity contribution >= 4 is 22.9 Å². The number of phenolic OH excluding ortho intramolecular Hbond substituents is 1. The molecule has 0 atom stereocenters. The predicted molar refractivity (Wildman–Crippen MR) is 56.4 cm³/mol. The lowest BCUT2D eigenvalue weighted by Crippen LogP contribution is -1.71. The SMILES string of the molecule is Oc1ccc(-c2sccc2Cl)cc1. The van der Waals surface area contributed by atoms with Crippen molar-refractivity contribution in [2.75, 3.05) is 0 Å². The van der Waals surface area contributed by atoms with Crippen molar-refractivity contribution in [1.82, 2.24) is 0 Å². The normalized spacial score (nSPS) is 10.2. The summed E-state index contributed by atoms with van der Waals surface area (Å²) < 4.78 is 0. The Labute approximate surface area is 85.2 Å². The molecule has 0 aliphatic carbocycles. The summed E-state index contributed by atoms with van der Waals surface area (Å²) in [6.45, 7) is 0. The van der Waals surface area contributed by atoms with Gasteiger partial charge in [-0.2, -0.15) is 0 Å². The topological polar surface area (TPSA) is 20.2 Å². The Morgan fingerprint density at radius 1 is 1.08 bits per heavy atom. The van der Waals surface area contributed by atoms with Crippen molar-refractivity contribution in [3.05, 3.63) is 40.7 Å². The summed E-state index contributed by atoms with van der Waals surface area (Å²) in [5.41, 5.74) is 1.04. The molecule has 0 amide bonds. The van der Waals surface area contributed by atoms with Gasteiger partial charge in [0, 0.05) is 0 Å². The first-order chi connectivity index (χ1) is 6.27. The monoisotopic (exact) mass is 210 g/mol. The maximum Gasteiger partial charge on any atom is 0.115 e. The van der Waals surface area contributed by atoms with Crippen molar-refractivity contribution in [1.29, 1.82) is 0 Å². The Hall–Kier alpha value is -0.990. The number of aromatic hydroxyl groups is 1. The fraction of sp³-hybridized carbons (Fsp3) is 0. The van der Waals surface area contributed by atoms with Crippen molar-refractivity contribution in [2.45, 2.75) is 0 Å². The first kappa shape index (κ1) is 8.60. The van der Waals surface area contributed by atoms with E-state index in [1.54, 1.807) is 23.5 Å². The maximum atomic E-state index is 9.09. The standard InChI is InChI=1S/C10H7ClOS/c11-9-5-6-13-10(9)7-1-3-8(12)4-2-7/h1-6,12H. The van der Waals surface area contributed by atoms with Crippen LogP contribution in [0.1, 0.15) is 0 Å². The van der Waals surface area contributed by atoms with E-state index in [0.717, 1.165) is 15.5 Å². The van der Waals surface area contributed by atoms with Crippen LogP contribution in [0, 0.1) is 0 Å². The summed E-state index contributed by atoms with van der Waals surface area (Å²) in [5.74, 6) is 0.274. The second-order valence-corrected chi connectivity index (χ2v) is 3.97. The number of phenols is 1. The third-order valence-electron chi connectivity index (χ3n) is 1.75. The lowest BCUT2D eigenvalue weighted by molar-refractivity contribution is 0.475. The summed E-state index contributed by atoms with van der Waals surface area (Å²) in [4.78, 5) is 1.04. The van der Waals surface area contributed by atoms with Crippen LogP contribution < -0.4 is 0 Å². The molecule has 2 aromatic rings. The van der Waals surface area contributed by atoms with Crippen LogP contribution >= 0.6 is 22.9 Å². The van der Waals surface area contributed by atoms with Gasteiger partial charge >= 0.3 is 0 Å². The molecule has 1 aromatic heterocycles. The van der Waals surface area contributed by atoms with Gasteiger partial charge in [-0.1, -0.05) is 11.6 Å². The molecule has 1 heterocycles. The number of benzene rings is 1. The molecule has 1 nitrogen and oxygen atoms in total. The van der Waals surface area contributed by atoms with E-state index in [-0.39, 0.29) is 5.75 Å². The lowest BCUT2D eigenvalue weighted by Gasteiger charge is -1.98. The van der Waals surface area contributed by atoms with Gasteiger partial charge in [0.1, 0.15) is 5.75 Å². The van der Waals surface area contributed by atoms with Crippen molar-refractivity contribution in [2.24, 2.45) is 0 Å². The lowest BCUT2D eigenvalue weighted by atomic mass is 10.2. The molecule has 0 bridgehead atoms. The molecule has 0 saturated heterocycles. The summed E-state index contributed by atoms with van der Waals surface area (Å²) in [7, 11) is 0. The molecule has 0 aliphatic heterocycles. The molecule has 13 heavy (non-hydrogen) atoms. The van der Waals surface area contributed by atoms with E-state index in [0.29, 0.717) is 0 Å². The molecule has 3 heteroatoms. The van der Waals surface area contributed by atoms with E-state index >= 15 is 0 Å². The third-order valence-corrected chi connectivity index (χ3v) is 3.14. The quantitative estimate of drug-likeness (QED) is 0.760. The Bertz CT molecular complexity index is 405. The molecular formula is C10H7ClOS. The predicted octanol–water partition coefficient (Wildman–Crippen LogP) is 3.77. The number of thiophene rings is 1. The van der Waals surface area contributed by atoms with Crippen LogP contribution in [0.4, 0.5) is 0 Å². The van der Waals surface area contributed by atoms with Gasteiger partial charge < -0.3 is 5.11 Å². The molecule has 0 aliphatic rings. The second kappa shape index (κ2) is 3.40. The molecule has 0 unspecified atom stereocenters. The van der Waals surface area contributed by atoms with Gasteiger partial charge in [0.25, 0.3) is 0 Å². The van der Waals surface area contributed by atoms with Crippen molar-refractivity contribution < 1.29 is 5.11 Å². The highest BCUT2D eigenvalue weighted by Crippen LogP contribution is 2.33. The fourth-order valence-corrected chi connectivity index (χ4v) is 2.29. The Morgan fingerprint density at radius 3 is 2.31 bits per heavy atom. The van der Waals surface area contributed by atoms with E-state index in [4.69, 9.17) is 16.7 Å². The van der Waals surface area contributed by atoms with Crippen LogP contribution in [0.5, 0.6) is 5.75 Å². The van der Waals surface area contributed by atoms with Gasteiger partial charge in [-0.05, 0) is 41.3 Å². The summed E-state index contributed by atoms with van der Waals surface area (Å²) in [5, 5.41) is 11.8. The minimum atomic E-state index is 0.274. The van der Waals surface area contributed by atoms with Gasteiger partial charge in [0.15, 0.2) is 0 Å². The van der Waals surface area contributed by atoms with Crippen LogP contribution in [0.3, 0.4) is 0 Å². The second-order valence-electron chi connectivity index (χ2n) is 2.64. The van der Waals surface area contributed by atoms with Crippen molar-refractivity contribution in [3.63, 3.8) is 0 Å². The highest BCUT2D eigenvalue weighted by molar-refractivity contribution is 7.14. The average molecular weight is 211 g/mol. The molecular weight excluding hydrogens is 204 g/mol. The zero-order valence-electron chi connectivity index (χ0n) is 6.70. The summed E-state index contributed by atoms with van der Waals surface area (Å²) in [6, 6.07) is 8.89. The van der Waals surface area contributed by atoms with E-state index in [2.05, 4.69) is 0 Å². The first-order valence-electron chi connectivity index (χ1n) is 3.80. The summed E-state index contributed by atoms with van der Waals surface area (Å²) >= 11 is 7.56. The van der Waals surface area contributed by atoms with Crippen molar-refractivity contribution in [3.8, 4) is 16.2 Å².